The van der Waals surface area contributed by atoms with Crippen molar-refractivity contribution < 1.29 is 14.0 Å². The lowest BCUT2D eigenvalue weighted by molar-refractivity contribution is 0.0516. The molecule has 4 rings (SSSR count). The van der Waals surface area contributed by atoms with Crippen LogP contribution in [0.15, 0.2) is 54.6 Å². The number of benzene rings is 2. The van der Waals surface area contributed by atoms with E-state index in [0.717, 1.165) is 19.3 Å². The third-order valence-electron chi connectivity index (χ3n) is 5.78. The van der Waals surface area contributed by atoms with Crippen LogP contribution in [0.4, 0.5) is 4.39 Å². The van der Waals surface area contributed by atoms with Gasteiger partial charge in [0.2, 0.25) is 0 Å². The lowest BCUT2D eigenvalue weighted by Gasteiger charge is -2.38. The van der Waals surface area contributed by atoms with E-state index in [0.29, 0.717) is 41.8 Å². The van der Waals surface area contributed by atoms with Crippen molar-refractivity contribution in [3.05, 3.63) is 71.7 Å². The van der Waals surface area contributed by atoms with Gasteiger partial charge in [-0.2, -0.15) is 0 Å². The second-order valence-electron chi connectivity index (χ2n) is 7.77. The summed E-state index contributed by atoms with van der Waals surface area (Å²) in [5, 5.41) is 0.431. The summed E-state index contributed by atoms with van der Waals surface area (Å²) in [4.78, 5) is 32.7. The van der Waals surface area contributed by atoms with E-state index in [2.05, 4.69) is 4.98 Å². The van der Waals surface area contributed by atoms with Crippen LogP contribution >= 0.6 is 0 Å². The Morgan fingerprint density at radius 1 is 1.10 bits per heavy atom. The molecule has 6 heteroatoms. The molecule has 2 aromatic carbocycles. The summed E-state index contributed by atoms with van der Waals surface area (Å²) < 4.78 is 14.0. The fourth-order valence-corrected chi connectivity index (χ4v) is 4.22. The van der Waals surface area contributed by atoms with Crippen molar-refractivity contribution in [3.8, 4) is 0 Å². The van der Waals surface area contributed by atoms with Crippen molar-refractivity contribution in [3.63, 3.8) is 0 Å². The van der Waals surface area contributed by atoms with Gasteiger partial charge in [0.05, 0.1) is 0 Å². The molecule has 0 atom stereocenters. The molecule has 1 saturated heterocycles. The zero-order chi connectivity index (χ0) is 21.1. The minimum atomic E-state index is -0.336. The van der Waals surface area contributed by atoms with Gasteiger partial charge in [0, 0.05) is 42.1 Å². The molecular weight excluding hydrogens is 381 g/mol. The monoisotopic (exact) mass is 407 g/mol. The molecule has 30 heavy (non-hydrogen) atoms. The maximum Gasteiger partial charge on any atom is 0.270 e. The zero-order valence-corrected chi connectivity index (χ0v) is 17.1. The zero-order valence-electron chi connectivity index (χ0n) is 17.1. The molecule has 1 aliphatic rings. The van der Waals surface area contributed by atoms with Crippen molar-refractivity contribution in [1.82, 2.24) is 14.8 Å². The summed E-state index contributed by atoms with van der Waals surface area (Å²) in [6.07, 6.45) is 2.31. The van der Waals surface area contributed by atoms with E-state index in [9.17, 15) is 14.0 Å². The predicted molar refractivity (Wildman–Crippen MR) is 115 cm³/mol. The highest BCUT2D eigenvalue weighted by Crippen LogP contribution is 2.24. The Balaban J connectivity index is 1.47. The number of amides is 2. The minimum Gasteiger partial charge on any atom is -0.350 e. The van der Waals surface area contributed by atoms with E-state index in [4.69, 9.17) is 0 Å². The average molecular weight is 407 g/mol. The number of aromatic amines is 1. The number of hydrogen-bond donors (Lipinski definition) is 1. The van der Waals surface area contributed by atoms with Gasteiger partial charge in [-0.3, -0.25) is 9.59 Å². The van der Waals surface area contributed by atoms with Gasteiger partial charge in [0.15, 0.2) is 0 Å². The molecule has 0 unspecified atom stereocenters. The molecule has 156 valence electrons. The maximum atomic E-state index is 14.0. The fourth-order valence-electron chi connectivity index (χ4n) is 4.22. The van der Waals surface area contributed by atoms with E-state index >= 15 is 0 Å². The SMILES string of the molecule is CCCN(C(=O)c1cc2c(F)cccc2[nH]1)C1CCN(C(=O)c2ccccc2)CC1. The molecule has 0 spiro atoms. The van der Waals surface area contributed by atoms with E-state index < -0.39 is 0 Å². The third kappa shape index (κ3) is 3.95. The van der Waals surface area contributed by atoms with E-state index in [-0.39, 0.29) is 23.7 Å². The number of hydrogen-bond acceptors (Lipinski definition) is 2. The largest absolute Gasteiger partial charge is 0.350 e. The van der Waals surface area contributed by atoms with Crippen LogP contribution in [0.5, 0.6) is 0 Å². The summed E-state index contributed by atoms with van der Waals surface area (Å²) in [7, 11) is 0. The topological polar surface area (TPSA) is 56.4 Å². The van der Waals surface area contributed by atoms with Crippen LogP contribution in [0.1, 0.15) is 47.0 Å². The van der Waals surface area contributed by atoms with Crippen molar-refractivity contribution in [2.45, 2.75) is 32.2 Å². The second kappa shape index (κ2) is 8.69. The molecule has 1 N–H and O–H groups in total. The minimum absolute atomic E-state index is 0.0357. The van der Waals surface area contributed by atoms with Gasteiger partial charge >= 0.3 is 0 Å². The summed E-state index contributed by atoms with van der Waals surface area (Å²) in [6.45, 7) is 3.91. The van der Waals surface area contributed by atoms with Crippen LogP contribution < -0.4 is 0 Å². The molecule has 0 bridgehead atoms. The van der Waals surface area contributed by atoms with Crippen LogP contribution in [0, 0.1) is 5.82 Å². The normalized spacial score (nSPS) is 14.8. The standard InChI is InChI=1S/C24H26FN3O2/c1-2-13-28(24(30)22-16-19-20(25)9-6-10-21(19)26-22)18-11-14-27(15-12-18)23(29)17-7-4-3-5-8-17/h3-10,16,18,26H,2,11-15H2,1H3. The number of piperidine rings is 1. The van der Waals surface area contributed by atoms with Crippen molar-refractivity contribution >= 4 is 22.7 Å². The van der Waals surface area contributed by atoms with Crippen molar-refractivity contribution in [2.24, 2.45) is 0 Å². The number of likely N-dealkylation sites (tertiary alicyclic amines) is 1. The molecule has 0 saturated carbocycles. The summed E-state index contributed by atoms with van der Waals surface area (Å²) >= 11 is 0. The number of fused-ring (bicyclic) bond motifs is 1. The Labute approximate surface area is 175 Å². The number of aromatic nitrogens is 1. The first kappa shape index (κ1) is 20.1. The van der Waals surface area contributed by atoms with Crippen molar-refractivity contribution in [1.29, 1.82) is 0 Å². The van der Waals surface area contributed by atoms with Gasteiger partial charge in [0.1, 0.15) is 11.5 Å². The smallest absolute Gasteiger partial charge is 0.270 e. The number of rotatable bonds is 5. The molecule has 0 aliphatic carbocycles. The highest BCUT2D eigenvalue weighted by molar-refractivity contribution is 5.98. The van der Waals surface area contributed by atoms with E-state index in [1.54, 1.807) is 18.2 Å². The van der Waals surface area contributed by atoms with Gasteiger partial charge < -0.3 is 14.8 Å². The lowest BCUT2D eigenvalue weighted by Crippen LogP contribution is -2.49. The van der Waals surface area contributed by atoms with Gasteiger partial charge in [-0.25, -0.2) is 4.39 Å². The molecule has 3 aromatic rings. The lowest BCUT2D eigenvalue weighted by atomic mass is 10.0. The molecule has 5 nitrogen and oxygen atoms in total. The first-order chi connectivity index (χ1) is 14.6. The van der Waals surface area contributed by atoms with Crippen LogP contribution in [-0.4, -0.2) is 52.3 Å². The first-order valence-corrected chi connectivity index (χ1v) is 10.5. The Morgan fingerprint density at radius 3 is 2.50 bits per heavy atom. The first-order valence-electron chi connectivity index (χ1n) is 10.5. The quantitative estimate of drug-likeness (QED) is 0.679. The van der Waals surface area contributed by atoms with Gasteiger partial charge in [-0.1, -0.05) is 31.2 Å². The summed E-state index contributed by atoms with van der Waals surface area (Å²) in [6, 6.07) is 15.7. The van der Waals surface area contributed by atoms with Crippen LogP contribution in [0.2, 0.25) is 0 Å². The third-order valence-corrected chi connectivity index (χ3v) is 5.78. The van der Waals surface area contributed by atoms with E-state index in [1.807, 2.05) is 47.1 Å². The fraction of sp³-hybridized carbons (Fsp3) is 0.333. The predicted octanol–water partition coefficient (Wildman–Crippen LogP) is 4.46. The van der Waals surface area contributed by atoms with Crippen LogP contribution in [-0.2, 0) is 0 Å². The molecule has 1 aliphatic heterocycles. The molecule has 1 aromatic heterocycles. The Morgan fingerprint density at radius 2 is 1.83 bits per heavy atom. The maximum absolute atomic E-state index is 14.0. The van der Waals surface area contributed by atoms with E-state index in [1.165, 1.54) is 6.07 Å². The molecule has 2 heterocycles. The molecule has 1 fully saturated rings. The van der Waals surface area contributed by atoms with Gasteiger partial charge in [-0.15, -0.1) is 0 Å². The van der Waals surface area contributed by atoms with Gasteiger partial charge in [-0.05, 0) is 49.6 Å². The Hall–Kier alpha value is -3.15. The van der Waals surface area contributed by atoms with Crippen LogP contribution in [0.25, 0.3) is 10.9 Å². The highest BCUT2D eigenvalue weighted by atomic mass is 19.1. The highest BCUT2D eigenvalue weighted by Gasteiger charge is 2.30. The Bertz CT molecular complexity index is 1040. The molecular formula is C24H26FN3O2. The second-order valence-corrected chi connectivity index (χ2v) is 7.77. The number of H-pyrrole nitrogens is 1. The number of carbonyl (C=O) groups is 2. The summed E-state index contributed by atoms with van der Waals surface area (Å²) in [5.74, 6) is -0.411. The number of nitrogens with zero attached hydrogens (tertiary/aromatic N) is 2. The number of carbonyl (C=O) groups excluding carboxylic acids is 2. The van der Waals surface area contributed by atoms with Gasteiger partial charge in [0.25, 0.3) is 11.8 Å². The number of nitrogens with one attached hydrogen (secondary N) is 1. The number of halogens is 1. The molecule has 0 radical (unpaired) electrons. The molecule has 2 amide bonds. The average Bonchev–Trinajstić information content (AvgIpc) is 3.23. The summed E-state index contributed by atoms with van der Waals surface area (Å²) in [5.41, 5.74) is 1.72. The Kier molecular flexibility index (Phi) is 5.84. The van der Waals surface area contributed by atoms with Crippen molar-refractivity contribution in [2.75, 3.05) is 19.6 Å². The van der Waals surface area contributed by atoms with Crippen LogP contribution in [0.3, 0.4) is 0 Å².